The van der Waals surface area contributed by atoms with Gasteiger partial charge in [0.05, 0.1) is 30.6 Å². The normalized spacial score (nSPS) is 14.7. The molecule has 4 rings (SSSR count). The van der Waals surface area contributed by atoms with E-state index < -0.39 is 17.8 Å². The monoisotopic (exact) mass is 469 g/mol. The summed E-state index contributed by atoms with van der Waals surface area (Å²) < 4.78 is 21.1. The highest BCUT2D eigenvalue weighted by atomic mass is 32.2. The van der Waals surface area contributed by atoms with Gasteiger partial charge in [0.1, 0.15) is 5.82 Å². The molecular weight excluding hydrogens is 445 g/mol. The Kier molecular flexibility index (Phi) is 7.36. The largest absolute Gasteiger partial charge is 0.378 e. The molecule has 8 nitrogen and oxygen atoms in total. The Morgan fingerprint density at radius 2 is 1.79 bits per heavy atom. The SMILES string of the molecule is C[C@H](NC(=O)c1ccccc1F)c1nnc(SCC(=O)N2CCOCC2)n1-c1ccccc1. The van der Waals surface area contributed by atoms with Crippen molar-refractivity contribution in [2.75, 3.05) is 32.1 Å². The van der Waals surface area contributed by atoms with Crippen LogP contribution < -0.4 is 5.32 Å². The lowest BCUT2D eigenvalue weighted by atomic mass is 10.2. The van der Waals surface area contributed by atoms with E-state index in [4.69, 9.17) is 4.74 Å². The molecule has 0 saturated carbocycles. The van der Waals surface area contributed by atoms with E-state index in [1.807, 2.05) is 34.9 Å². The van der Waals surface area contributed by atoms with Crippen molar-refractivity contribution < 1.29 is 18.7 Å². The molecule has 1 aromatic heterocycles. The van der Waals surface area contributed by atoms with Crippen LogP contribution in [0.3, 0.4) is 0 Å². The van der Waals surface area contributed by atoms with Crippen LogP contribution in [0.2, 0.25) is 0 Å². The van der Waals surface area contributed by atoms with Gasteiger partial charge in [-0.1, -0.05) is 42.1 Å². The Hall–Kier alpha value is -3.24. The summed E-state index contributed by atoms with van der Waals surface area (Å²) in [6.07, 6.45) is 0. The predicted molar refractivity (Wildman–Crippen MR) is 122 cm³/mol. The molecule has 1 atom stereocenters. The van der Waals surface area contributed by atoms with Crippen LogP contribution in [0.4, 0.5) is 4.39 Å². The van der Waals surface area contributed by atoms with E-state index in [2.05, 4.69) is 15.5 Å². The summed E-state index contributed by atoms with van der Waals surface area (Å²) in [5, 5.41) is 11.9. The molecule has 1 saturated heterocycles. The summed E-state index contributed by atoms with van der Waals surface area (Å²) in [6, 6.07) is 14.7. The van der Waals surface area contributed by atoms with Gasteiger partial charge < -0.3 is 15.0 Å². The second-order valence-electron chi connectivity index (χ2n) is 7.47. The number of rotatable bonds is 7. The van der Waals surface area contributed by atoms with Crippen LogP contribution in [0, 0.1) is 5.82 Å². The summed E-state index contributed by atoms with van der Waals surface area (Å²) in [5.41, 5.74) is 0.756. The van der Waals surface area contributed by atoms with Gasteiger partial charge in [-0.05, 0) is 31.2 Å². The van der Waals surface area contributed by atoms with Crippen molar-refractivity contribution in [1.29, 1.82) is 0 Å². The molecule has 2 amide bonds. The molecule has 33 heavy (non-hydrogen) atoms. The number of hydrogen-bond acceptors (Lipinski definition) is 6. The lowest BCUT2D eigenvalue weighted by Gasteiger charge is -2.26. The number of aromatic nitrogens is 3. The van der Waals surface area contributed by atoms with Gasteiger partial charge in [0.2, 0.25) is 5.91 Å². The molecule has 0 spiro atoms. The van der Waals surface area contributed by atoms with Crippen molar-refractivity contribution in [3.63, 3.8) is 0 Å². The van der Waals surface area contributed by atoms with Crippen molar-refractivity contribution in [2.24, 2.45) is 0 Å². The molecule has 0 bridgehead atoms. The number of thioether (sulfide) groups is 1. The molecule has 10 heteroatoms. The van der Waals surface area contributed by atoms with E-state index in [1.165, 1.54) is 30.0 Å². The smallest absolute Gasteiger partial charge is 0.254 e. The third-order valence-corrected chi connectivity index (χ3v) is 6.13. The number of hydrogen-bond donors (Lipinski definition) is 1. The van der Waals surface area contributed by atoms with Crippen molar-refractivity contribution in [3.8, 4) is 5.69 Å². The first-order chi connectivity index (χ1) is 16.0. The zero-order valence-electron chi connectivity index (χ0n) is 18.1. The fraction of sp³-hybridized carbons (Fsp3) is 0.304. The fourth-order valence-corrected chi connectivity index (χ4v) is 4.35. The Labute approximate surface area is 195 Å². The molecule has 2 heterocycles. The van der Waals surface area contributed by atoms with Crippen LogP contribution in [0.15, 0.2) is 59.8 Å². The van der Waals surface area contributed by atoms with E-state index in [0.717, 1.165) is 5.69 Å². The number of carbonyl (C=O) groups excluding carboxylic acids is 2. The van der Waals surface area contributed by atoms with Crippen LogP contribution in [0.5, 0.6) is 0 Å². The van der Waals surface area contributed by atoms with Gasteiger partial charge in [0.15, 0.2) is 11.0 Å². The minimum Gasteiger partial charge on any atom is -0.378 e. The fourth-order valence-electron chi connectivity index (χ4n) is 3.49. The number of halogens is 1. The lowest BCUT2D eigenvalue weighted by molar-refractivity contribution is -0.132. The van der Waals surface area contributed by atoms with E-state index in [0.29, 0.717) is 37.3 Å². The van der Waals surface area contributed by atoms with Crippen LogP contribution in [-0.2, 0) is 9.53 Å². The van der Waals surface area contributed by atoms with E-state index in [9.17, 15) is 14.0 Å². The maximum Gasteiger partial charge on any atom is 0.254 e. The van der Waals surface area contributed by atoms with E-state index >= 15 is 0 Å². The summed E-state index contributed by atoms with van der Waals surface area (Å²) >= 11 is 1.28. The summed E-state index contributed by atoms with van der Waals surface area (Å²) in [7, 11) is 0. The topological polar surface area (TPSA) is 89.3 Å². The molecule has 0 aliphatic carbocycles. The van der Waals surface area contributed by atoms with E-state index in [-0.39, 0.29) is 17.2 Å². The summed E-state index contributed by atoms with van der Waals surface area (Å²) in [4.78, 5) is 27.0. The van der Waals surface area contributed by atoms with Crippen molar-refractivity contribution in [1.82, 2.24) is 25.0 Å². The third kappa shape index (κ3) is 5.40. The first-order valence-corrected chi connectivity index (χ1v) is 11.6. The van der Waals surface area contributed by atoms with Crippen molar-refractivity contribution in [2.45, 2.75) is 18.1 Å². The molecular formula is C23H24FN5O3S. The second kappa shape index (κ2) is 10.6. The number of morpholine rings is 1. The number of carbonyl (C=O) groups is 2. The molecule has 172 valence electrons. The molecule has 1 aliphatic heterocycles. The minimum atomic E-state index is -0.593. The molecule has 0 unspecified atom stereocenters. The van der Waals surface area contributed by atoms with Gasteiger partial charge in [-0.3, -0.25) is 14.2 Å². The van der Waals surface area contributed by atoms with Crippen molar-refractivity contribution in [3.05, 3.63) is 71.8 Å². The van der Waals surface area contributed by atoms with Crippen molar-refractivity contribution >= 4 is 23.6 Å². The Bertz CT molecular complexity index is 1120. The number of para-hydroxylation sites is 1. The molecule has 1 aliphatic rings. The van der Waals surface area contributed by atoms with E-state index in [1.54, 1.807) is 17.9 Å². The predicted octanol–water partition coefficient (Wildman–Crippen LogP) is 2.85. The van der Waals surface area contributed by atoms with Gasteiger partial charge in [-0.2, -0.15) is 0 Å². The molecule has 1 N–H and O–H groups in total. The molecule has 1 fully saturated rings. The molecule has 3 aromatic rings. The zero-order valence-corrected chi connectivity index (χ0v) is 18.9. The van der Waals surface area contributed by atoms with Gasteiger partial charge in [0, 0.05) is 18.8 Å². The first-order valence-electron chi connectivity index (χ1n) is 10.6. The Morgan fingerprint density at radius 3 is 2.52 bits per heavy atom. The third-order valence-electron chi connectivity index (χ3n) is 5.21. The summed E-state index contributed by atoms with van der Waals surface area (Å²) in [5.74, 6) is -0.439. The average molecular weight is 470 g/mol. The van der Waals surface area contributed by atoms with Gasteiger partial charge >= 0.3 is 0 Å². The highest BCUT2D eigenvalue weighted by Gasteiger charge is 2.24. The average Bonchev–Trinajstić information content (AvgIpc) is 3.28. The number of amides is 2. The van der Waals surface area contributed by atoms with Crippen LogP contribution in [0.25, 0.3) is 5.69 Å². The Balaban J connectivity index is 1.55. The maximum atomic E-state index is 14.0. The zero-order chi connectivity index (χ0) is 23.2. The number of ether oxygens (including phenoxy) is 1. The van der Waals surface area contributed by atoms with Crippen LogP contribution in [0.1, 0.15) is 29.1 Å². The van der Waals surface area contributed by atoms with Gasteiger partial charge in [-0.25, -0.2) is 4.39 Å². The van der Waals surface area contributed by atoms with Gasteiger partial charge in [-0.15, -0.1) is 10.2 Å². The highest BCUT2D eigenvalue weighted by Crippen LogP contribution is 2.26. The highest BCUT2D eigenvalue weighted by molar-refractivity contribution is 7.99. The second-order valence-corrected chi connectivity index (χ2v) is 8.41. The number of benzene rings is 2. The maximum absolute atomic E-state index is 14.0. The standard InChI is InChI=1S/C23H24FN5O3S/c1-16(25-22(31)18-9-5-6-10-19(18)24)21-26-27-23(29(21)17-7-3-2-4-8-17)33-15-20(30)28-11-13-32-14-12-28/h2-10,16H,11-15H2,1H3,(H,25,31)/t16-/m0/s1. The molecule has 2 aromatic carbocycles. The number of nitrogens with one attached hydrogen (secondary N) is 1. The van der Waals surface area contributed by atoms with Gasteiger partial charge in [0.25, 0.3) is 5.91 Å². The quantitative estimate of drug-likeness (QED) is 0.536. The summed E-state index contributed by atoms with van der Waals surface area (Å²) in [6.45, 7) is 4.00. The number of nitrogens with zero attached hydrogens (tertiary/aromatic N) is 4. The van der Waals surface area contributed by atoms with Crippen LogP contribution >= 0.6 is 11.8 Å². The lowest BCUT2D eigenvalue weighted by Crippen LogP contribution is -2.41. The Morgan fingerprint density at radius 1 is 1.09 bits per heavy atom. The molecule has 0 radical (unpaired) electrons. The van der Waals surface area contributed by atoms with Crippen LogP contribution in [-0.4, -0.2) is 63.5 Å². The minimum absolute atomic E-state index is 0.00775. The first kappa shape index (κ1) is 22.9.